The van der Waals surface area contributed by atoms with E-state index in [9.17, 15) is 18.7 Å². The third kappa shape index (κ3) is 4.41. The maximum absolute atomic E-state index is 14.2. The lowest BCUT2D eigenvalue weighted by Crippen LogP contribution is -2.23. The van der Waals surface area contributed by atoms with Gasteiger partial charge in [0.1, 0.15) is 28.9 Å². The smallest absolute Gasteiger partial charge is 0.255 e. The summed E-state index contributed by atoms with van der Waals surface area (Å²) in [6.07, 6.45) is 0. The second-order valence-corrected chi connectivity index (χ2v) is 5.96. The number of halogens is 2. The lowest BCUT2D eigenvalue weighted by atomic mass is 10.1. The Balaban J connectivity index is 1.76. The van der Waals surface area contributed by atoms with Crippen molar-refractivity contribution in [3.63, 3.8) is 0 Å². The first-order chi connectivity index (χ1) is 12.9. The van der Waals surface area contributed by atoms with Gasteiger partial charge < -0.3 is 15.2 Å². The van der Waals surface area contributed by atoms with Crippen molar-refractivity contribution in [3.8, 4) is 17.2 Å². The number of nitrogens with one attached hydrogen (secondary N) is 1. The van der Waals surface area contributed by atoms with Crippen LogP contribution in [0.2, 0.25) is 0 Å². The average molecular weight is 369 g/mol. The van der Waals surface area contributed by atoms with Crippen LogP contribution in [-0.2, 0) is 6.54 Å². The molecule has 0 saturated heterocycles. The molecular weight excluding hydrogens is 352 g/mol. The van der Waals surface area contributed by atoms with Crippen LogP contribution in [0.15, 0.2) is 60.7 Å². The highest BCUT2D eigenvalue weighted by Crippen LogP contribution is 2.28. The largest absolute Gasteiger partial charge is 0.507 e. The van der Waals surface area contributed by atoms with Gasteiger partial charge in [-0.25, -0.2) is 8.78 Å². The van der Waals surface area contributed by atoms with Gasteiger partial charge in [0.2, 0.25) is 0 Å². The molecule has 3 aromatic carbocycles. The maximum atomic E-state index is 14.2. The van der Waals surface area contributed by atoms with E-state index in [2.05, 4.69) is 5.32 Å². The van der Waals surface area contributed by atoms with Crippen LogP contribution in [0, 0.1) is 18.6 Å². The molecule has 0 aliphatic carbocycles. The molecule has 3 rings (SSSR count). The number of benzene rings is 3. The van der Waals surface area contributed by atoms with Crippen LogP contribution in [0.25, 0.3) is 0 Å². The lowest BCUT2D eigenvalue weighted by molar-refractivity contribution is 0.0948. The first kappa shape index (κ1) is 18.4. The summed E-state index contributed by atoms with van der Waals surface area (Å²) in [4.78, 5) is 12.2. The fourth-order valence-electron chi connectivity index (χ4n) is 2.51. The normalized spacial score (nSPS) is 10.5. The highest BCUT2D eigenvalue weighted by Gasteiger charge is 2.13. The number of phenols is 1. The Morgan fingerprint density at radius 2 is 1.78 bits per heavy atom. The van der Waals surface area contributed by atoms with E-state index in [1.54, 1.807) is 19.1 Å². The molecule has 27 heavy (non-hydrogen) atoms. The quantitative estimate of drug-likeness (QED) is 0.685. The van der Waals surface area contributed by atoms with Gasteiger partial charge in [0.05, 0.1) is 5.56 Å². The Kier molecular flexibility index (Phi) is 5.35. The number of hydrogen-bond acceptors (Lipinski definition) is 3. The van der Waals surface area contributed by atoms with Crippen LogP contribution in [0.1, 0.15) is 21.5 Å². The van der Waals surface area contributed by atoms with Gasteiger partial charge in [0, 0.05) is 12.1 Å². The Bertz CT molecular complexity index is 972. The summed E-state index contributed by atoms with van der Waals surface area (Å²) in [6.45, 7) is 1.60. The molecule has 4 nitrogen and oxygen atoms in total. The first-order valence-corrected chi connectivity index (χ1v) is 8.22. The summed E-state index contributed by atoms with van der Waals surface area (Å²) in [5.41, 5.74) is 0.891. The fraction of sp³-hybridized carbons (Fsp3) is 0.0952. The van der Waals surface area contributed by atoms with E-state index in [0.717, 1.165) is 0 Å². The van der Waals surface area contributed by atoms with Crippen molar-refractivity contribution >= 4 is 5.91 Å². The zero-order chi connectivity index (χ0) is 19.4. The molecule has 2 N–H and O–H groups in total. The van der Waals surface area contributed by atoms with Gasteiger partial charge >= 0.3 is 0 Å². The number of aryl methyl sites for hydroxylation is 1. The number of para-hydroxylation sites is 1. The van der Waals surface area contributed by atoms with Gasteiger partial charge in [-0.2, -0.15) is 0 Å². The minimum Gasteiger partial charge on any atom is -0.507 e. The third-order valence-electron chi connectivity index (χ3n) is 3.97. The number of rotatable bonds is 5. The summed E-state index contributed by atoms with van der Waals surface area (Å²) >= 11 is 0. The predicted octanol–water partition coefficient (Wildman–Crippen LogP) is 4.70. The highest BCUT2D eigenvalue weighted by molar-refractivity contribution is 5.96. The van der Waals surface area contributed by atoms with Crippen molar-refractivity contribution in [2.45, 2.75) is 13.5 Å². The Hall–Kier alpha value is -3.41. The monoisotopic (exact) mass is 369 g/mol. The molecule has 0 atom stereocenters. The molecule has 0 saturated carbocycles. The van der Waals surface area contributed by atoms with Crippen molar-refractivity contribution in [2.24, 2.45) is 0 Å². The number of ether oxygens (including phenoxy) is 1. The summed E-state index contributed by atoms with van der Waals surface area (Å²) < 4.78 is 32.9. The van der Waals surface area contributed by atoms with Crippen molar-refractivity contribution in [2.75, 3.05) is 0 Å². The third-order valence-corrected chi connectivity index (χ3v) is 3.97. The predicted molar refractivity (Wildman–Crippen MR) is 96.9 cm³/mol. The number of aromatic hydroxyl groups is 1. The van der Waals surface area contributed by atoms with E-state index in [4.69, 9.17) is 4.74 Å². The SMILES string of the molecule is Cc1cc(F)c(CNC(=O)c2ccccc2O)cc1Oc1ccc(F)cc1. The summed E-state index contributed by atoms with van der Waals surface area (Å²) in [5, 5.41) is 12.3. The summed E-state index contributed by atoms with van der Waals surface area (Å²) in [7, 11) is 0. The Morgan fingerprint density at radius 1 is 1.07 bits per heavy atom. The number of carbonyl (C=O) groups excluding carboxylic acids is 1. The molecule has 0 aromatic heterocycles. The zero-order valence-electron chi connectivity index (χ0n) is 14.5. The van der Waals surface area contributed by atoms with Crippen LogP contribution in [0.4, 0.5) is 8.78 Å². The van der Waals surface area contributed by atoms with Crippen LogP contribution < -0.4 is 10.1 Å². The minimum absolute atomic E-state index is 0.0843. The number of amides is 1. The zero-order valence-corrected chi connectivity index (χ0v) is 14.5. The molecule has 1 amide bonds. The second-order valence-electron chi connectivity index (χ2n) is 5.96. The molecule has 0 bridgehead atoms. The van der Waals surface area contributed by atoms with Crippen molar-refractivity contribution in [1.29, 1.82) is 0 Å². The molecule has 0 fully saturated rings. The Labute approximate surface area is 155 Å². The first-order valence-electron chi connectivity index (χ1n) is 8.22. The molecule has 0 heterocycles. The van der Waals surface area contributed by atoms with Crippen LogP contribution in [-0.4, -0.2) is 11.0 Å². The number of phenolic OH excluding ortho intramolecular Hbond substituents is 1. The number of carbonyl (C=O) groups is 1. The number of hydrogen-bond donors (Lipinski definition) is 2. The van der Waals surface area contributed by atoms with Gasteiger partial charge in [-0.15, -0.1) is 0 Å². The molecule has 3 aromatic rings. The van der Waals surface area contributed by atoms with Crippen molar-refractivity contribution < 1.29 is 23.4 Å². The highest BCUT2D eigenvalue weighted by atomic mass is 19.1. The molecular formula is C21H17F2NO3. The van der Waals surface area contributed by atoms with Gasteiger partial charge in [-0.1, -0.05) is 12.1 Å². The van der Waals surface area contributed by atoms with E-state index in [0.29, 0.717) is 17.1 Å². The van der Waals surface area contributed by atoms with Gasteiger partial charge in [0.25, 0.3) is 5.91 Å². The molecule has 0 unspecified atom stereocenters. The van der Waals surface area contributed by atoms with Gasteiger partial charge in [-0.3, -0.25) is 4.79 Å². The topological polar surface area (TPSA) is 58.6 Å². The molecule has 0 aliphatic heterocycles. The lowest BCUT2D eigenvalue weighted by Gasteiger charge is -2.13. The van der Waals surface area contributed by atoms with Gasteiger partial charge in [0.15, 0.2) is 0 Å². The molecule has 0 aliphatic rings. The summed E-state index contributed by atoms with van der Waals surface area (Å²) in [6, 6.07) is 14.4. The Morgan fingerprint density at radius 3 is 2.48 bits per heavy atom. The van der Waals surface area contributed by atoms with Crippen molar-refractivity contribution in [1.82, 2.24) is 5.32 Å². The fourth-order valence-corrected chi connectivity index (χ4v) is 2.51. The van der Waals surface area contributed by atoms with Crippen LogP contribution in [0.5, 0.6) is 17.2 Å². The van der Waals surface area contributed by atoms with E-state index >= 15 is 0 Å². The standard InChI is InChI=1S/C21H17F2NO3/c1-13-10-18(23)14(11-20(13)27-16-8-6-15(22)7-9-16)12-24-21(26)17-4-2-3-5-19(17)25/h2-11,25H,12H2,1H3,(H,24,26). The summed E-state index contributed by atoms with van der Waals surface area (Å²) in [5.74, 6) is -0.735. The molecule has 0 spiro atoms. The molecule has 6 heteroatoms. The van der Waals surface area contributed by atoms with E-state index in [-0.39, 0.29) is 29.2 Å². The minimum atomic E-state index is -0.519. The van der Waals surface area contributed by atoms with E-state index in [1.807, 2.05) is 0 Å². The average Bonchev–Trinajstić information content (AvgIpc) is 2.65. The maximum Gasteiger partial charge on any atom is 0.255 e. The van der Waals surface area contributed by atoms with Gasteiger partial charge in [-0.05, 0) is 61.0 Å². The van der Waals surface area contributed by atoms with Crippen LogP contribution in [0.3, 0.4) is 0 Å². The molecule has 138 valence electrons. The van der Waals surface area contributed by atoms with E-state index < -0.39 is 11.7 Å². The van der Waals surface area contributed by atoms with Crippen LogP contribution >= 0.6 is 0 Å². The second kappa shape index (κ2) is 7.86. The van der Waals surface area contributed by atoms with Crippen molar-refractivity contribution in [3.05, 3.63) is 89.0 Å². The van der Waals surface area contributed by atoms with E-state index in [1.165, 1.54) is 48.5 Å². The molecule has 0 radical (unpaired) electrons.